The smallest absolute Gasteiger partial charge is 0.278 e. The van der Waals surface area contributed by atoms with Crippen molar-refractivity contribution in [3.8, 4) is 0 Å². The molecule has 1 aliphatic carbocycles. The van der Waals surface area contributed by atoms with E-state index in [2.05, 4.69) is 69.8 Å². The van der Waals surface area contributed by atoms with Gasteiger partial charge < -0.3 is 19.3 Å². The van der Waals surface area contributed by atoms with Crippen LogP contribution in [0.4, 0.5) is 5.69 Å². The highest BCUT2D eigenvalue weighted by Gasteiger charge is 2.38. The zero-order valence-electron chi connectivity index (χ0n) is 19.0. The van der Waals surface area contributed by atoms with E-state index in [1.54, 1.807) is 0 Å². The third-order valence-electron chi connectivity index (χ3n) is 7.84. The maximum Gasteiger partial charge on any atom is 0.278 e. The van der Waals surface area contributed by atoms with Gasteiger partial charge in [-0.2, -0.15) is 0 Å². The molecule has 2 aliphatic heterocycles. The Labute approximate surface area is 190 Å². The lowest BCUT2D eigenvalue weighted by atomic mass is 9.89. The lowest BCUT2D eigenvalue weighted by Gasteiger charge is -2.41. The van der Waals surface area contributed by atoms with Crippen molar-refractivity contribution in [2.45, 2.75) is 38.8 Å². The summed E-state index contributed by atoms with van der Waals surface area (Å²) in [5.41, 5.74) is 6.92. The molecule has 0 spiro atoms. The number of piperazine rings is 1. The van der Waals surface area contributed by atoms with Crippen molar-refractivity contribution in [3.05, 3.63) is 65.4 Å². The second kappa shape index (κ2) is 7.96. The van der Waals surface area contributed by atoms with Crippen LogP contribution in [0.5, 0.6) is 0 Å². The molecule has 3 heterocycles. The Balaban J connectivity index is 1.18. The van der Waals surface area contributed by atoms with E-state index in [0.29, 0.717) is 12.5 Å². The van der Waals surface area contributed by atoms with Gasteiger partial charge in [-0.25, -0.2) is 0 Å². The molecule has 1 N–H and O–H groups in total. The van der Waals surface area contributed by atoms with Gasteiger partial charge in [0.25, 0.3) is 5.91 Å². The fourth-order valence-corrected chi connectivity index (χ4v) is 6.23. The van der Waals surface area contributed by atoms with Crippen LogP contribution in [-0.2, 0) is 17.8 Å². The molecule has 5 nitrogen and oxygen atoms in total. The summed E-state index contributed by atoms with van der Waals surface area (Å²) >= 11 is 0. The van der Waals surface area contributed by atoms with Gasteiger partial charge in [0.1, 0.15) is 0 Å². The lowest BCUT2D eigenvalue weighted by molar-refractivity contribution is -0.892. The summed E-state index contributed by atoms with van der Waals surface area (Å²) in [5, 5.41) is 1.42. The Morgan fingerprint density at radius 2 is 1.84 bits per heavy atom. The highest BCUT2D eigenvalue weighted by molar-refractivity contribution is 5.87. The van der Waals surface area contributed by atoms with Crippen LogP contribution in [0.3, 0.4) is 0 Å². The minimum atomic E-state index is 0.262. The molecule has 1 fully saturated rings. The van der Waals surface area contributed by atoms with Crippen LogP contribution < -0.4 is 9.80 Å². The topological polar surface area (TPSA) is 32.9 Å². The summed E-state index contributed by atoms with van der Waals surface area (Å²) in [6.45, 7) is 8.69. The number of para-hydroxylation sites is 1. The second-order valence-electron chi connectivity index (χ2n) is 9.78. The lowest BCUT2D eigenvalue weighted by Crippen LogP contribution is -3.16. The van der Waals surface area contributed by atoms with Crippen molar-refractivity contribution in [3.63, 3.8) is 0 Å². The summed E-state index contributed by atoms with van der Waals surface area (Å²) in [6.07, 6.45) is 3.43. The van der Waals surface area contributed by atoms with Gasteiger partial charge in [0.05, 0.1) is 32.2 Å². The summed E-state index contributed by atoms with van der Waals surface area (Å²) in [4.78, 5) is 19.6. The van der Waals surface area contributed by atoms with Crippen molar-refractivity contribution in [2.24, 2.45) is 0 Å². The van der Waals surface area contributed by atoms with Gasteiger partial charge in [0, 0.05) is 35.4 Å². The third-order valence-corrected chi connectivity index (χ3v) is 7.84. The molecule has 0 radical (unpaired) electrons. The van der Waals surface area contributed by atoms with Crippen LogP contribution in [0.1, 0.15) is 35.7 Å². The zero-order valence-corrected chi connectivity index (χ0v) is 19.0. The number of nitrogens with one attached hydrogen (secondary N) is 1. The van der Waals surface area contributed by atoms with E-state index in [0.717, 1.165) is 52.1 Å². The molecule has 1 amide bonds. The van der Waals surface area contributed by atoms with E-state index >= 15 is 0 Å². The molecule has 6 rings (SSSR count). The molecule has 0 bridgehead atoms. The van der Waals surface area contributed by atoms with Crippen LogP contribution in [-0.4, -0.2) is 54.6 Å². The number of quaternary nitrogens is 1. The number of carbonyl (C=O) groups is 1. The molecule has 32 heavy (non-hydrogen) atoms. The van der Waals surface area contributed by atoms with Crippen LogP contribution in [0.15, 0.2) is 48.5 Å². The molecule has 1 aromatic heterocycles. The first kappa shape index (κ1) is 19.9. The van der Waals surface area contributed by atoms with Crippen LogP contribution in [0, 0.1) is 6.92 Å². The van der Waals surface area contributed by atoms with Crippen molar-refractivity contribution in [1.29, 1.82) is 0 Å². The van der Waals surface area contributed by atoms with Crippen LogP contribution in [0.2, 0.25) is 0 Å². The number of nitrogens with zero attached hydrogens (tertiary/aromatic N) is 3. The van der Waals surface area contributed by atoms with Gasteiger partial charge in [-0.3, -0.25) is 4.79 Å². The van der Waals surface area contributed by atoms with Crippen molar-refractivity contribution in [1.82, 2.24) is 9.47 Å². The van der Waals surface area contributed by atoms with Gasteiger partial charge in [0.2, 0.25) is 0 Å². The van der Waals surface area contributed by atoms with Gasteiger partial charge >= 0.3 is 0 Å². The average molecular weight is 430 g/mol. The minimum Gasteiger partial charge on any atom is -0.360 e. The predicted octanol–water partition coefficient (Wildman–Crippen LogP) is 2.57. The molecule has 3 aromatic rings. The zero-order chi connectivity index (χ0) is 21.7. The standard InChI is InChI=1S/C27H32N4O/c1-20-10-11-24-23(18-20)22-8-5-9-25-27(22)31(24)17-16-30(25)26(32)19-28-12-14-29(15-13-28)21-6-3-2-4-7-21/h2-4,6-7,10-11,18,25H,5,8-9,12-17,19H2,1H3/p+1/t25-/m0/s1. The van der Waals surface area contributed by atoms with Gasteiger partial charge in [-0.15, -0.1) is 0 Å². The molecule has 166 valence electrons. The molecule has 1 atom stereocenters. The molecule has 5 heteroatoms. The van der Waals surface area contributed by atoms with Crippen LogP contribution in [0.25, 0.3) is 10.9 Å². The summed E-state index contributed by atoms with van der Waals surface area (Å²) < 4.78 is 2.52. The van der Waals surface area contributed by atoms with E-state index in [9.17, 15) is 4.79 Å². The molecule has 0 unspecified atom stereocenters. The first-order valence-corrected chi connectivity index (χ1v) is 12.2. The number of carbonyl (C=O) groups excluding carboxylic acids is 1. The fraction of sp³-hybridized carbons (Fsp3) is 0.444. The number of anilines is 1. The quantitative estimate of drug-likeness (QED) is 0.694. The number of rotatable bonds is 3. The number of hydrogen-bond acceptors (Lipinski definition) is 2. The Bertz CT molecular complexity index is 1140. The fourth-order valence-electron chi connectivity index (χ4n) is 6.23. The Morgan fingerprint density at radius 1 is 1.03 bits per heavy atom. The van der Waals surface area contributed by atoms with Crippen LogP contribution >= 0.6 is 0 Å². The minimum absolute atomic E-state index is 0.262. The highest BCUT2D eigenvalue weighted by atomic mass is 16.2. The van der Waals surface area contributed by atoms with E-state index in [1.165, 1.54) is 44.7 Å². The second-order valence-corrected chi connectivity index (χ2v) is 9.78. The van der Waals surface area contributed by atoms with Crippen molar-refractivity contribution in [2.75, 3.05) is 44.2 Å². The van der Waals surface area contributed by atoms with E-state index in [-0.39, 0.29) is 6.04 Å². The number of amides is 1. The molecular weight excluding hydrogens is 396 g/mol. The normalized spacial score (nSPS) is 21.1. The summed E-state index contributed by atoms with van der Waals surface area (Å²) in [7, 11) is 0. The molecule has 3 aliphatic rings. The highest BCUT2D eigenvalue weighted by Crippen LogP contribution is 2.42. The molecule has 0 saturated carbocycles. The molecule has 2 aromatic carbocycles. The van der Waals surface area contributed by atoms with Gasteiger partial charge in [-0.05, 0) is 56.0 Å². The van der Waals surface area contributed by atoms with E-state index in [4.69, 9.17) is 0 Å². The summed E-state index contributed by atoms with van der Waals surface area (Å²) in [6, 6.07) is 17.8. The Morgan fingerprint density at radius 3 is 2.66 bits per heavy atom. The number of aromatic nitrogens is 1. The van der Waals surface area contributed by atoms with E-state index < -0.39 is 0 Å². The maximum atomic E-state index is 13.5. The molecule has 1 saturated heterocycles. The number of hydrogen-bond donors (Lipinski definition) is 1. The maximum absolute atomic E-state index is 13.5. The first-order chi connectivity index (χ1) is 15.7. The number of aryl methyl sites for hydroxylation is 2. The number of benzene rings is 2. The third kappa shape index (κ3) is 3.30. The van der Waals surface area contributed by atoms with Gasteiger partial charge in [-0.1, -0.05) is 29.8 Å². The monoisotopic (exact) mass is 429 g/mol. The summed E-state index contributed by atoms with van der Waals surface area (Å²) in [5.74, 6) is 0.346. The predicted molar refractivity (Wildman–Crippen MR) is 128 cm³/mol. The average Bonchev–Trinajstić information content (AvgIpc) is 3.15. The Kier molecular flexibility index (Phi) is 4.94. The largest absolute Gasteiger partial charge is 0.360 e. The van der Waals surface area contributed by atoms with Crippen molar-refractivity contribution < 1.29 is 9.69 Å². The Hall–Kier alpha value is -2.79. The SMILES string of the molecule is Cc1ccc2c(c1)c1c3n2CCN(C(=O)C[NH+]2CCN(c4ccccc4)CC2)[C@H]3CCC1. The first-order valence-electron chi connectivity index (χ1n) is 12.2. The number of fused-ring (bicyclic) bond motifs is 3. The molecular formula is C27H33N4O+. The van der Waals surface area contributed by atoms with Crippen molar-refractivity contribution >= 4 is 22.5 Å². The van der Waals surface area contributed by atoms with Gasteiger partial charge in [0.15, 0.2) is 6.54 Å². The van der Waals surface area contributed by atoms with E-state index in [1.807, 2.05) is 0 Å².